The van der Waals surface area contributed by atoms with Gasteiger partial charge in [0.15, 0.2) is 11.6 Å². The summed E-state index contributed by atoms with van der Waals surface area (Å²) >= 11 is 0. The third-order valence-corrected chi connectivity index (χ3v) is 3.54. The molecule has 1 unspecified atom stereocenters. The van der Waals surface area contributed by atoms with E-state index >= 15 is 0 Å². The standard InChI is InChI=1S/C17H18F2N2O/c1-12(13-8-9-15(18)16(19)10-13)21(2)11-17(22)20-14-6-4-3-5-7-14/h3-10,12H,11H2,1-2H3,(H,20,22). The molecule has 22 heavy (non-hydrogen) atoms. The average Bonchev–Trinajstić information content (AvgIpc) is 2.50. The van der Waals surface area contributed by atoms with Crippen LogP contribution in [0, 0.1) is 11.6 Å². The van der Waals surface area contributed by atoms with Crippen molar-refractivity contribution in [3.05, 3.63) is 65.7 Å². The number of carbonyl (C=O) groups excluding carboxylic acids is 1. The van der Waals surface area contributed by atoms with Crippen LogP contribution in [-0.4, -0.2) is 24.4 Å². The van der Waals surface area contributed by atoms with Crippen LogP contribution >= 0.6 is 0 Å². The number of hydrogen-bond acceptors (Lipinski definition) is 2. The fraction of sp³-hybridized carbons (Fsp3) is 0.235. The summed E-state index contributed by atoms with van der Waals surface area (Å²) in [7, 11) is 1.76. The number of para-hydroxylation sites is 1. The summed E-state index contributed by atoms with van der Waals surface area (Å²) in [4.78, 5) is 13.8. The molecule has 0 aliphatic heterocycles. The first kappa shape index (κ1) is 16.1. The first-order valence-corrected chi connectivity index (χ1v) is 6.97. The Bertz CT molecular complexity index is 646. The van der Waals surface area contributed by atoms with Gasteiger partial charge >= 0.3 is 0 Å². The first-order valence-electron chi connectivity index (χ1n) is 6.97. The molecular weight excluding hydrogens is 286 g/mol. The van der Waals surface area contributed by atoms with Crippen molar-refractivity contribution in [2.75, 3.05) is 18.9 Å². The largest absolute Gasteiger partial charge is 0.325 e. The van der Waals surface area contributed by atoms with Gasteiger partial charge < -0.3 is 5.32 Å². The van der Waals surface area contributed by atoms with Gasteiger partial charge in [-0.3, -0.25) is 9.69 Å². The van der Waals surface area contributed by atoms with Crippen molar-refractivity contribution in [2.45, 2.75) is 13.0 Å². The van der Waals surface area contributed by atoms with Gasteiger partial charge in [-0.2, -0.15) is 0 Å². The Hall–Kier alpha value is -2.27. The minimum Gasteiger partial charge on any atom is -0.325 e. The Kier molecular flexibility index (Phi) is 5.22. The highest BCUT2D eigenvalue weighted by atomic mass is 19.2. The van der Waals surface area contributed by atoms with Crippen molar-refractivity contribution < 1.29 is 13.6 Å². The summed E-state index contributed by atoms with van der Waals surface area (Å²) in [6, 6.07) is 12.7. The number of likely N-dealkylation sites (N-methyl/N-ethyl adjacent to an activating group) is 1. The number of amides is 1. The van der Waals surface area contributed by atoms with Crippen LogP contribution in [0.3, 0.4) is 0 Å². The lowest BCUT2D eigenvalue weighted by Gasteiger charge is -2.24. The van der Waals surface area contributed by atoms with Crippen LogP contribution in [0.2, 0.25) is 0 Å². The summed E-state index contributed by atoms with van der Waals surface area (Å²) < 4.78 is 26.2. The Morgan fingerprint density at radius 2 is 1.82 bits per heavy atom. The number of hydrogen-bond donors (Lipinski definition) is 1. The first-order chi connectivity index (χ1) is 10.5. The summed E-state index contributed by atoms with van der Waals surface area (Å²) in [6.45, 7) is 1.98. The number of nitrogens with one attached hydrogen (secondary N) is 1. The van der Waals surface area contributed by atoms with E-state index in [1.54, 1.807) is 24.1 Å². The number of nitrogens with zero attached hydrogens (tertiary/aromatic N) is 1. The summed E-state index contributed by atoms with van der Waals surface area (Å²) in [5.41, 5.74) is 1.34. The normalized spacial score (nSPS) is 12.2. The summed E-state index contributed by atoms with van der Waals surface area (Å²) in [5.74, 6) is -1.92. The SMILES string of the molecule is CC(c1ccc(F)c(F)c1)N(C)CC(=O)Nc1ccccc1. The van der Waals surface area contributed by atoms with Crippen LogP contribution in [0.15, 0.2) is 48.5 Å². The van der Waals surface area contributed by atoms with E-state index in [0.29, 0.717) is 5.56 Å². The molecule has 0 spiro atoms. The molecule has 1 amide bonds. The van der Waals surface area contributed by atoms with Crippen molar-refractivity contribution >= 4 is 11.6 Å². The minimum atomic E-state index is -0.883. The third kappa shape index (κ3) is 4.11. The molecule has 0 radical (unpaired) electrons. The third-order valence-electron chi connectivity index (χ3n) is 3.54. The summed E-state index contributed by atoms with van der Waals surface area (Å²) in [6.07, 6.45) is 0. The molecule has 0 aromatic heterocycles. The van der Waals surface area contributed by atoms with Gasteiger partial charge in [-0.15, -0.1) is 0 Å². The number of carbonyl (C=O) groups is 1. The van der Waals surface area contributed by atoms with Crippen LogP contribution in [-0.2, 0) is 4.79 Å². The van der Waals surface area contributed by atoms with Crippen LogP contribution < -0.4 is 5.32 Å². The van der Waals surface area contributed by atoms with Crippen LogP contribution in [0.5, 0.6) is 0 Å². The van der Waals surface area contributed by atoms with Crippen molar-refractivity contribution in [2.24, 2.45) is 0 Å². The molecule has 0 aliphatic rings. The lowest BCUT2D eigenvalue weighted by molar-refractivity contribution is -0.117. The minimum absolute atomic E-state index is 0.148. The van der Waals surface area contributed by atoms with E-state index in [0.717, 1.165) is 17.8 Å². The zero-order valence-electron chi connectivity index (χ0n) is 12.5. The molecule has 0 saturated heterocycles. The van der Waals surface area contributed by atoms with Gasteiger partial charge in [0.2, 0.25) is 5.91 Å². The predicted molar refractivity (Wildman–Crippen MR) is 82.5 cm³/mol. The number of rotatable bonds is 5. The predicted octanol–water partition coefficient (Wildman–Crippen LogP) is 3.60. The van der Waals surface area contributed by atoms with Crippen LogP contribution in [0.1, 0.15) is 18.5 Å². The molecule has 5 heteroatoms. The van der Waals surface area contributed by atoms with Gasteiger partial charge in [0.05, 0.1) is 6.54 Å². The molecule has 3 nitrogen and oxygen atoms in total. The Balaban J connectivity index is 1.97. The maximum absolute atomic E-state index is 13.3. The van der Waals surface area contributed by atoms with Crippen molar-refractivity contribution in [1.29, 1.82) is 0 Å². The van der Waals surface area contributed by atoms with Gasteiger partial charge in [0.1, 0.15) is 0 Å². The smallest absolute Gasteiger partial charge is 0.238 e. The fourth-order valence-corrected chi connectivity index (χ4v) is 2.11. The Morgan fingerprint density at radius 1 is 1.14 bits per heavy atom. The molecule has 1 atom stereocenters. The topological polar surface area (TPSA) is 32.3 Å². The number of anilines is 1. The average molecular weight is 304 g/mol. The number of benzene rings is 2. The molecule has 0 aliphatic carbocycles. The van der Waals surface area contributed by atoms with Gasteiger partial charge in [-0.25, -0.2) is 8.78 Å². The molecule has 0 bridgehead atoms. The second-order valence-electron chi connectivity index (χ2n) is 5.18. The van der Waals surface area contributed by atoms with E-state index in [1.165, 1.54) is 6.07 Å². The second kappa shape index (κ2) is 7.13. The zero-order chi connectivity index (χ0) is 16.1. The van der Waals surface area contributed by atoms with E-state index in [-0.39, 0.29) is 18.5 Å². The van der Waals surface area contributed by atoms with E-state index < -0.39 is 11.6 Å². The van der Waals surface area contributed by atoms with Crippen molar-refractivity contribution in [1.82, 2.24) is 4.90 Å². The highest BCUT2D eigenvalue weighted by Gasteiger charge is 2.16. The molecular formula is C17H18F2N2O. The van der Waals surface area contributed by atoms with Gasteiger partial charge in [-0.05, 0) is 43.8 Å². The highest BCUT2D eigenvalue weighted by Crippen LogP contribution is 2.20. The monoisotopic (exact) mass is 304 g/mol. The second-order valence-corrected chi connectivity index (χ2v) is 5.18. The molecule has 2 aromatic rings. The van der Waals surface area contributed by atoms with Crippen LogP contribution in [0.25, 0.3) is 0 Å². The van der Waals surface area contributed by atoms with Gasteiger partial charge in [0.25, 0.3) is 0 Å². The van der Waals surface area contributed by atoms with E-state index in [1.807, 2.05) is 25.1 Å². The fourth-order valence-electron chi connectivity index (χ4n) is 2.11. The molecule has 2 rings (SSSR count). The molecule has 1 N–H and O–H groups in total. The lowest BCUT2D eigenvalue weighted by Crippen LogP contribution is -2.32. The Morgan fingerprint density at radius 3 is 2.45 bits per heavy atom. The highest BCUT2D eigenvalue weighted by molar-refractivity contribution is 5.92. The van der Waals surface area contributed by atoms with Gasteiger partial charge in [0, 0.05) is 11.7 Å². The van der Waals surface area contributed by atoms with E-state index in [4.69, 9.17) is 0 Å². The quantitative estimate of drug-likeness (QED) is 0.915. The molecule has 2 aromatic carbocycles. The van der Waals surface area contributed by atoms with E-state index in [9.17, 15) is 13.6 Å². The Labute approximate surface area is 128 Å². The lowest BCUT2D eigenvalue weighted by atomic mass is 10.1. The van der Waals surface area contributed by atoms with Crippen molar-refractivity contribution in [3.8, 4) is 0 Å². The molecule has 0 saturated carbocycles. The molecule has 0 heterocycles. The molecule has 116 valence electrons. The van der Waals surface area contributed by atoms with Gasteiger partial charge in [-0.1, -0.05) is 24.3 Å². The van der Waals surface area contributed by atoms with E-state index in [2.05, 4.69) is 5.32 Å². The van der Waals surface area contributed by atoms with Crippen molar-refractivity contribution in [3.63, 3.8) is 0 Å². The summed E-state index contributed by atoms with van der Waals surface area (Å²) in [5, 5.41) is 2.78. The number of halogens is 2. The molecule has 0 fully saturated rings. The zero-order valence-corrected chi connectivity index (χ0v) is 12.5. The maximum atomic E-state index is 13.3. The maximum Gasteiger partial charge on any atom is 0.238 e. The van der Waals surface area contributed by atoms with Crippen LogP contribution in [0.4, 0.5) is 14.5 Å².